The molecule has 3 heterocycles. The molecule has 0 bridgehead atoms. The Balaban J connectivity index is 1.52. The lowest BCUT2D eigenvalue weighted by atomic mass is 10.1. The first-order valence-electron chi connectivity index (χ1n) is 12.2. The summed E-state index contributed by atoms with van der Waals surface area (Å²) in [5.41, 5.74) is 1.57. The molecule has 2 aromatic heterocycles. The highest BCUT2D eigenvalue weighted by Gasteiger charge is 2.35. The second kappa shape index (κ2) is 8.77. The van der Waals surface area contributed by atoms with Crippen molar-refractivity contribution >= 4 is 22.9 Å². The fourth-order valence-corrected chi connectivity index (χ4v) is 4.85. The van der Waals surface area contributed by atoms with Gasteiger partial charge >= 0.3 is 6.09 Å². The minimum Gasteiger partial charge on any atom is -0.444 e. The van der Waals surface area contributed by atoms with Crippen molar-refractivity contribution in [2.24, 2.45) is 0 Å². The number of rotatable bonds is 4. The summed E-state index contributed by atoms with van der Waals surface area (Å²) in [6.07, 6.45) is 6.06. The fraction of sp³-hybridized carbons (Fsp3) is 0.500. The summed E-state index contributed by atoms with van der Waals surface area (Å²) in [5, 5.41) is 0.917. The van der Waals surface area contributed by atoms with E-state index >= 15 is 0 Å². The van der Waals surface area contributed by atoms with Gasteiger partial charge in [0.2, 0.25) is 0 Å². The minimum atomic E-state index is -0.631. The lowest BCUT2D eigenvalue weighted by molar-refractivity contribution is 0.0136. The number of anilines is 1. The molecule has 9 heteroatoms. The molecular weight excluding hydrogens is 452 g/mol. The van der Waals surface area contributed by atoms with Gasteiger partial charge in [0.25, 0.3) is 0 Å². The van der Waals surface area contributed by atoms with Crippen molar-refractivity contribution in [2.75, 3.05) is 24.5 Å². The minimum absolute atomic E-state index is 0.0209. The average Bonchev–Trinajstić information content (AvgIpc) is 3.56. The van der Waals surface area contributed by atoms with Crippen molar-refractivity contribution in [3.05, 3.63) is 47.9 Å². The molecule has 35 heavy (non-hydrogen) atoms. The number of halogens is 2. The Morgan fingerprint density at radius 2 is 1.83 bits per heavy atom. The third-order valence-electron chi connectivity index (χ3n) is 6.62. The van der Waals surface area contributed by atoms with Crippen LogP contribution in [0.2, 0.25) is 0 Å². The number of hydrogen-bond acceptors (Lipinski definition) is 5. The molecule has 0 spiro atoms. The normalized spacial score (nSPS) is 18.9. The number of aromatic nitrogens is 3. The van der Waals surface area contributed by atoms with Gasteiger partial charge in [0.1, 0.15) is 35.0 Å². The summed E-state index contributed by atoms with van der Waals surface area (Å²) in [7, 11) is 0. The number of carbonyl (C=O) groups excluding carboxylic acids is 1. The average molecular weight is 484 g/mol. The fourth-order valence-electron chi connectivity index (χ4n) is 4.85. The van der Waals surface area contributed by atoms with Crippen LogP contribution in [0.4, 0.5) is 19.4 Å². The molecule has 1 unspecified atom stereocenters. The molecule has 1 saturated heterocycles. The van der Waals surface area contributed by atoms with Crippen LogP contribution in [0.15, 0.2) is 30.7 Å². The number of hydrogen-bond donors (Lipinski definition) is 0. The van der Waals surface area contributed by atoms with E-state index in [4.69, 9.17) is 4.74 Å². The van der Waals surface area contributed by atoms with Gasteiger partial charge in [0, 0.05) is 31.9 Å². The van der Waals surface area contributed by atoms with Crippen molar-refractivity contribution in [3.63, 3.8) is 0 Å². The van der Waals surface area contributed by atoms with Crippen LogP contribution in [0, 0.1) is 11.6 Å². The molecule has 1 aliphatic carbocycles. The summed E-state index contributed by atoms with van der Waals surface area (Å²) in [6.45, 7) is 9.41. The van der Waals surface area contributed by atoms with E-state index in [1.165, 1.54) is 18.5 Å². The number of piperazine rings is 1. The molecule has 2 fully saturated rings. The van der Waals surface area contributed by atoms with E-state index in [1.54, 1.807) is 4.57 Å². The van der Waals surface area contributed by atoms with E-state index in [1.807, 2.05) is 31.9 Å². The van der Waals surface area contributed by atoms with Crippen LogP contribution in [0.25, 0.3) is 16.7 Å². The third-order valence-corrected chi connectivity index (χ3v) is 6.62. The summed E-state index contributed by atoms with van der Waals surface area (Å²) in [5.74, 6) is -0.0805. The summed E-state index contributed by atoms with van der Waals surface area (Å²) < 4.78 is 35.4. The molecule has 1 saturated carbocycles. The first-order chi connectivity index (χ1) is 16.6. The van der Waals surface area contributed by atoms with Gasteiger partial charge in [0.15, 0.2) is 0 Å². The Hall–Kier alpha value is -3.23. The van der Waals surface area contributed by atoms with Crippen LogP contribution in [-0.4, -0.2) is 56.8 Å². The molecule has 1 atom stereocenters. The van der Waals surface area contributed by atoms with Gasteiger partial charge in [-0.25, -0.2) is 23.5 Å². The SMILES string of the molecule is CCC1CN(c2ncnc3c2c(C2CC2)cn3-c2cc(F)cc(F)c2)CCN1C(=O)OC(C)(C)C. The maximum atomic E-state index is 14.0. The van der Waals surface area contributed by atoms with E-state index in [2.05, 4.69) is 21.8 Å². The standard InChI is InChI=1S/C26H31F2N5O2/c1-5-19-13-31(8-9-32(19)25(34)35-26(2,3)4)23-22-21(16-6-7-16)14-33(24(22)30-15-29-23)20-11-17(27)10-18(28)12-20/h10-12,14-16,19H,5-9,13H2,1-4H3. The Bertz CT molecular complexity index is 1240. The zero-order valence-corrected chi connectivity index (χ0v) is 20.6. The lowest BCUT2D eigenvalue weighted by Gasteiger charge is -2.42. The van der Waals surface area contributed by atoms with Gasteiger partial charge in [-0.2, -0.15) is 0 Å². The van der Waals surface area contributed by atoms with Crippen molar-refractivity contribution in [1.29, 1.82) is 0 Å². The molecule has 0 radical (unpaired) electrons. The smallest absolute Gasteiger partial charge is 0.410 e. The number of benzene rings is 1. The van der Waals surface area contributed by atoms with Crippen LogP contribution in [0.1, 0.15) is 58.4 Å². The zero-order chi connectivity index (χ0) is 24.9. The Morgan fingerprint density at radius 3 is 2.46 bits per heavy atom. The Morgan fingerprint density at radius 1 is 1.11 bits per heavy atom. The Labute approximate surface area is 203 Å². The van der Waals surface area contributed by atoms with Crippen LogP contribution in [-0.2, 0) is 4.74 Å². The van der Waals surface area contributed by atoms with Crippen LogP contribution in [0.3, 0.4) is 0 Å². The number of amides is 1. The van der Waals surface area contributed by atoms with Crippen molar-refractivity contribution in [1.82, 2.24) is 19.4 Å². The molecule has 186 valence electrons. The van der Waals surface area contributed by atoms with E-state index in [-0.39, 0.29) is 12.1 Å². The number of carbonyl (C=O) groups is 1. The lowest BCUT2D eigenvalue weighted by Crippen LogP contribution is -2.56. The van der Waals surface area contributed by atoms with Gasteiger partial charge in [-0.05, 0) is 63.6 Å². The topological polar surface area (TPSA) is 63.5 Å². The summed E-state index contributed by atoms with van der Waals surface area (Å²) in [4.78, 5) is 26.0. The first-order valence-corrected chi connectivity index (χ1v) is 12.2. The summed E-state index contributed by atoms with van der Waals surface area (Å²) in [6, 6.07) is 3.47. The number of fused-ring (bicyclic) bond motifs is 1. The van der Waals surface area contributed by atoms with E-state index in [0.717, 1.165) is 42.1 Å². The van der Waals surface area contributed by atoms with Gasteiger partial charge in [-0.15, -0.1) is 0 Å². The van der Waals surface area contributed by atoms with Gasteiger partial charge in [0.05, 0.1) is 17.1 Å². The quantitative estimate of drug-likeness (QED) is 0.496. The molecule has 5 rings (SSSR count). The van der Waals surface area contributed by atoms with E-state index in [9.17, 15) is 13.6 Å². The third kappa shape index (κ3) is 4.68. The summed E-state index contributed by atoms with van der Waals surface area (Å²) >= 11 is 0. The molecule has 7 nitrogen and oxygen atoms in total. The molecule has 1 aromatic carbocycles. The van der Waals surface area contributed by atoms with Crippen LogP contribution in [0.5, 0.6) is 0 Å². The second-order valence-electron chi connectivity index (χ2n) is 10.4. The molecule has 3 aromatic rings. The molecule has 2 aliphatic rings. The molecular formula is C26H31F2N5O2. The maximum absolute atomic E-state index is 14.0. The maximum Gasteiger partial charge on any atom is 0.410 e. The number of ether oxygens (including phenoxy) is 1. The van der Waals surface area contributed by atoms with Crippen LogP contribution >= 0.6 is 0 Å². The monoisotopic (exact) mass is 483 g/mol. The zero-order valence-electron chi connectivity index (χ0n) is 20.6. The highest BCUT2D eigenvalue weighted by molar-refractivity contribution is 5.93. The van der Waals surface area contributed by atoms with Crippen molar-refractivity contribution < 1.29 is 18.3 Å². The predicted octanol–water partition coefficient (Wildman–Crippen LogP) is 5.41. The molecule has 1 aliphatic heterocycles. The number of nitrogens with zero attached hydrogens (tertiary/aromatic N) is 5. The Kier molecular flexibility index (Phi) is 5.89. The van der Waals surface area contributed by atoms with Gasteiger partial charge in [-0.1, -0.05) is 6.92 Å². The van der Waals surface area contributed by atoms with Crippen molar-refractivity contribution in [2.45, 2.75) is 64.5 Å². The van der Waals surface area contributed by atoms with E-state index in [0.29, 0.717) is 36.9 Å². The predicted molar refractivity (Wildman–Crippen MR) is 130 cm³/mol. The molecule has 0 N–H and O–H groups in total. The first kappa shape index (κ1) is 23.5. The van der Waals surface area contributed by atoms with Crippen molar-refractivity contribution in [3.8, 4) is 5.69 Å². The van der Waals surface area contributed by atoms with Gasteiger partial charge < -0.3 is 19.1 Å². The van der Waals surface area contributed by atoms with E-state index < -0.39 is 17.2 Å². The highest BCUT2D eigenvalue weighted by Crippen LogP contribution is 2.46. The molecule has 1 amide bonds. The van der Waals surface area contributed by atoms with Crippen LogP contribution < -0.4 is 4.90 Å². The highest BCUT2D eigenvalue weighted by atomic mass is 19.1. The second-order valence-corrected chi connectivity index (χ2v) is 10.4. The van der Waals surface area contributed by atoms with Gasteiger partial charge in [-0.3, -0.25) is 0 Å². The largest absolute Gasteiger partial charge is 0.444 e.